The third-order valence-electron chi connectivity index (χ3n) is 12.0. The normalized spacial score (nSPS) is 14.2. The van der Waals surface area contributed by atoms with E-state index in [0.29, 0.717) is 39.1 Å². The summed E-state index contributed by atoms with van der Waals surface area (Å²) >= 11 is 0. The van der Waals surface area contributed by atoms with E-state index in [1.54, 1.807) is 10.6 Å². The van der Waals surface area contributed by atoms with Crippen LogP contribution in [-0.4, -0.2) is 24.1 Å². The quantitative estimate of drug-likeness (QED) is 0.173. The average Bonchev–Trinajstić information content (AvgIpc) is 4.28. The molecule has 0 N–H and O–H groups in total. The van der Waals surface area contributed by atoms with Crippen molar-refractivity contribution in [2.24, 2.45) is 0 Å². The lowest BCUT2D eigenvalue weighted by molar-refractivity contribution is 0.668. The maximum Gasteiger partial charge on any atom is 0.238 e. The Bertz CT molecular complexity index is 4800. The zero-order valence-electron chi connectivity index (χ0n) is 43.3. The molecule has 298 valence electrons. The highest BCUT2D eigenvalue weighted by molar-refractivity contribution is 6.20. The lowest BCUT2D eigenvalue weighted by Gasteiger charge is -2.12. The molecule has 5 aromatic heterocycles. The van der Waals surface area contributed by atoms with Gasteiger partial charge in [-0.1, -0.05) is 145 Å². The van der Waals surface area contributed by atoms with Crippen LogP contribution in [0.2, 0.25) is 0 Å². The van der Waals surface area contributed by atoms with Crippen molar-refractivity contribution in [2.45, 2.75) is 0 Å². The van der Waals surface area contributed by atoms with Crippen molar-refractivity contribution in [3.05, 3.63) is 200 Å². The van der Waals surface area contributed by atoms with Crippen LogP contribution in [0.5, 0.6) is 0 Å². The van der Waals surface area contributed by atoms with Gasteiger partial charge in [0, 0.05) is 60.3 Å². The first-order valence-electron chi connectivity index (χ1n) is 25.6. The second kappa shape index (κ2) is 13.3. The van der Waals surface area contributed by atoms with Crippen LogP contribution in [0.25, 0.3) is 133 Å². The van der Waals surface area contributed by atoms with Gasteiger partial charge in [0.1, 0.15) is 22.3 Å². The van der Waals surface area contributed by atoms with Gasteiger partial charge in [-0.25, -0.2) is 4.98 Å². The monoisotopic (exact) mass is 829 g/mol. The Balaban J connectivity index is 1.18. The number of aromatic nitrogens is 5. The van der Waals surface area contributed by atoms with Gasteiger partial charge in [0.15, 0.2) is 11.6 Å². The Morgan fingerprint density at radius 1 is 0.391 bits per heavy atom. The van der Waals surface area contributed by atoms with Crippen LogP contribution in [-0.2, 0) is 0 Å². The number of benzene rings is 9. The van der Waals surface area contributed by atoms with Gasteiger partial charge in [-0.2, -0.15) is 9.97 Å². The number of hydrogen-bond donors (Lipinski definition) is 0. The van der Waals surface area contributed by atoms with Crippen molar-refractivity contribution in [1.29, 1.82) is 0 Å². The van der Waals surface area contributed by atoms with Gasteiger partial charge >= 0.3 is 0 Å². The van der Waals surface area contributed by atoms with E-state index in [2.05, 4.69) is 0 Å². The van der Waals surface area contributed by atoms with Gasteiger partial charge in [0.05, 0.1) is 41.5 Å². The Hall–Kier alpha value is -8.81. The number of fused-ring (bicyclic) bond motifs is 12. The van der Waals surface area contributed by atoms with Crippen LogP contribution in [0.4, 0.5) is 0 Å². The smallest absolute Gasteiger partial charge is 0.238 e. The molecule has 0 saturated heterocycles. The molecule has 0 atom stereocenters. The fourth-order valence-electron chi connectivity index (χ4n) is 9.25. The number of para-hydroxylation sites is 4. The number of rotatable bonds is 5. The minimum Gasteiger partial charge on any atom is -0.456 e. The summed E-state index contributed by atoms with van der Waals surface area (Å²) in [4.78, 5) is 15.1. The maximum atomic E-state index is 10.5. The van der Waals surface area contributed by atoms with Gasteiger partial charge in [-0.05, 0) is 59.6 Å². The predicted molar refractivity (Wildman–Crippen MR) is 259 cm³/mol. The third-order valence-corrected chi connectivity index (χ3v) is 12.0. The maximum absolute atomic E-state index is 10.5. The molecule has 14 rings (SSSR count). The molecule has 9 aromatic carbocycles. The Morgan fingerprint density at radius 3 is 1.64 bits per heavy atom. The summed E-state index contributed by atoms with van der Waals surface area (Å²) in [5.74, 6) is 0.247. The van der Waals surface area contributed by atoms with Gasteiger partial charge < -0.3 is 13.4 Å². The highest BCUT2D eigenvalue weighted by Gasteiger charge is 2.24. The van der Waals surface area contributed by atoms with Crippen molar-refractivity contribution in [3.8, 4) is 45.5 Å². The summed E-state index contributed by atoms with van der Waals surface area (Å²) in [5.41, 5.74) is 5.16. The number of nitrogens with zero attached hydrogens (tertiary/aromatic N) is 5. The van der Waals surface area contributed by atoms with Gasteiger partial charge in [-0.15, -0.1) is 0 Å². The van der Waals surface area contributed by atoms with E-state index in [1.807, 2.05) is 133 Å². The van der Waals surface area contributed by atoms with Gasteiger partial charge in [0.2, 0.25) is 5.95 Å². The SMILES string of the molecule is [2H]c1c([2H])c([2H])c2c(c1[2H])c1c([2H])c3c(c([2H])c1n2-c1cc(-c2ccccc2)c2c(c1)oc1ccccc12)c1c([2H])c([2H])c([2H])c([2H])c1n3-c1nc(-c2ccccc2)nc(-c2cccc3oc4ccccc4c23)n1. The van der Waals surface area contributed by atoms with Crippen molar-refractivity contribution >= 4 is 87.5 Å². The van der Waals surface area contributed by atoms with E-state index in [0.717, 1.165) is 32.7 Å². The summed E-state index contributed by atoms with van der Waals surface area (Å²) < 4.78 is 111. The highest BCUT2D eigenvalue weighted by Crippen LogP contribution is 2.44. The van der Waals surface area contributed by atoms with E-state index < -0.39 is 48.3 Å². The second-order valence-corrected chi connectivity index (χ2v) is 15.6. The molecule has 7 nitrogen and oxygen atoms in total. The molecule has 5 heterocycles. The molecule has 0 fully saturated rings. The van der Waals surface area contributed by atoms with E-state index in [4.69, 9.17) is 29.3 Å². The molecule has 0 aliphatic carbocycles. The number of hydrogen-bond acceptors (Lipinski definition) is 5. The van der Waals surface area contributed by atoms with E-state index in [1.165, 1.54) is 4.57 Å². The standard InChI is InChI=1S/C57H33N5O2/c1-3-16-34(17-4-1)42-30-36(31-52-54(42)40-23-10-14-28-50(40)64-52)61-45-25-11-7-20-37(45)43-33-48-44(32-47(43)61)38-21-8-12-26-46(38)62(48)57-59-55(35-18-5-2-6-19-35)58-56(60-57)41-24-15-29-51-53(41)39-22-9-13-27-49(39)63-51/h1-33H/i7D,8D,11D,12D,20D,21D,25D,26D,32D,33D. The number of furan rings is 2. The molecule has 0 bridgehead atoms. The minimum absolute atomic E-state index is 0.00487. The van der Waals surface area contributed by atoms with Crippen LogP contribution < -0.4 is 0 Å². The second-order valence-electron chi connectivity index (χ2n) is 15.6. The van der Waals surface area contributed by atoms with Crippen molar-refractivity contribution < 1.29 is 22.5 Å². The summed E-state index contributed by atoms with van der Waals surface area (Å²) in [6.45, 7) is 0. The lowest BCUT2D eigenvalue weighted by Crippen LogP contribution is -2.06. The molecule has 0 amide bonds. The fourth-order valence-corrected chi connectivity index (χ4v) is 9.25. The first kappa shape index (κ1) is 26.5. The van der Waals surface area contributed by atoms with Crippen LogP contribution >= 0.6 is 0 Å². The lowest BCUT2D eigenvalue weighted by atomic mass is 9.98. The molecule has 7 heteroatoms. The van der Waals surface area contributed by atoms with Gasteiger partial charge in [-0.3, -0.25) is 4.57 Å². The van der Waals surface area contributed by atoms with Crippen LogP contribution in [0, 0.1) is 0 Å². The summed E-state index contributed by atoms with van der Waals surface area (Å²) in [6.07, 6.45) is 0. The molecule has 64 heavy (non-hydrogen) atoms. The molecular formula is C57H33N5O2. The van der Waals surface area contributed by atoms with Gasteiger partial charge in [0.25, 0.3) is 0 Å². The van der Waals surface area contributed by atoms with Crippen molar-refractivity contribution in [2.75, 3.05) is 0 Å². The van der Waals surface area contributed by atoms with Crippen molar-refractivity contribution in [1.82, 2.24) is 24.1 Å². The van der Waals surface area contributed by atoms with E-state index >= 15 is 0 Å². The molecule has 0 spiro atoms. The first-order valence-corrected chi connectivity index (χ1v) is 20.6. The molecule has 0 saturated carbocycles. The molecule has 0 aliphatic heterocycles. The molecule has 14 aromatic rings. The molecule has 0 aliphatic rings. The average molecular weight is 830 g/mol. The van der Waals surface area contributed by atoms with Crippen LogP contribution in [0.15, 0.2) is 209 Å². The van der Waals surface area contributed by atoms with Crippen molar-refractivity contribution in [3.63, 3.8) is 0 Å². The Kier molecular flexibility index (Phi) is 5.53. The Morgan fingerprint density at radius 2 is 0.938 bits per heavy atom. The van der Waals surface area contributed by atoms with E-state index in [9.17, 15) is 8.22 Å². The largest absolute Gasteiger partial charge is 0.456 e. The first-order chi connectivity index (χ1) is 35.9. The topological polar surface area (TPSA) is 74.8 Å². The summed E-state index contributed by atoms with van der Waals surface area (Å²) in [5, 5.41) is 2.96. The van der Waals surface area contributed by atoms with Crippen LogP contribution in [0.3, 0.4) is 0 Å². The highest BCUT2D eigenvalue weighted by atomic mass is 16.3. The van der Waals surface area contributed by atoms with Crippen LogP contribution in [0.1, 0.15) is 13.7 Å². The minimum atomic E-state index is -0.574. The predicted octanol–water partition coefficient (Wildman–Crippen LogP) is 14.9. The molecule has 0 unspecified atom stereocenters. The zero-order valence-corrected chi connectivity index (χ0v) is 33.3. The molecule has 0 radical (unpaired) electrons. The fraction of sp³-hybridized carbons (Fsp3) is 0. The molecular weight excluding hydrogens is 787 g/mol. The zero-order chi connectivity index (χ0) is 50.6. The summed E-state index contributed by atoms with van der Waals surface area (Å²) in [7, 11) is 0. The summed E-state index contributed by atoms with van der Waals surface area (Å²) in [6, 6.07) is 38.4. The van der Waals surface area contributed by atoms with E-state index in [-0.39, 0.29) is 73.3 Å². The Labute approximate surface area is 378 Å². The third kappa shape index (κ3) is 5.06.